The third-order valence-corrected chi connectivity index (χ3v) is 3.61. The molecule has 0 unspecified atom stereocenters. The molecule has 0 spiro atoms. The van der Waals surface area contributed by atoms with Gasteiger partial charge < -0.3 is 10.1 Å². The van der Waals surface area contributed by atoms with Crippen LogP contribution in [0.3, 0.4) is 0 Å². The molecule has 21 heavy (non-hydrogen) atoms. The largest absolute Gasteiger partial charge is 0.492 e. The van der Waals surface area contributed by atoms with E-state index in [4.69, 9.17) is 4.74 Å². The molecule has 1 amide bonds. The first-order valence-electron chi connectivity index (χ1n) is 6.95. The number of benzene rings is 2. The lowest BCUT2D eigenvalue weighted by Crippen LogP contribution is -2.37. The Morgan fingerprint density at radius 1 is 1.24 bits per heavy atom. The van der Waals surface area contributed by atoms with Gasteiger partial charge >= 0.3 is 0 Å². The molecular weight excluding hydrogens is 269 g/mol. The second-order valence-electron chi connectivity index (χ2n) is 5.17. The van der Waals surface area contributed by atoms with Gasteiger partial charge in [0.25, 0.3) is 0 Å². The zero-order valence-corrected chi connectivity index (χ0v) is 11.5. The predicted octanol–water partition coefficient (Wildman–Crippen LogP) is 2.69. The first-order chi connectivity index (χ1) is 10.2. The van der Waals surface area contributed by atoms with Crippen LogP contribution >= 0.6 is 0 Å². The van der Waals surface area contributed by atoms with Crippen LogP contribution in [0.2, 0.25) is 0 Å². The van der Waals surface area contributed by atoms with E-state index < -0.39 is 0 Å². The van der Waals surface area contributed by atoms with Crippen molar-refractivity contribution in [2.45, 2.75) is 13.0 Å². The molecule has 3 rings (SSSR count). The highest BCUT2D eigenvalue weighted by molar-refractivity contribution is 5.79. The molecule has 1 aliphatic rings. The van der Waals surface area contributed by atoms with Crippen LogP contribution in [0.1, 0.15) is 11.1 Å². The van der Waals surface area contributed by atoms with Gasteiger partial charge in [-0.1, -0.05) is 30.3 Å². The van der Waals surface area contributed by atoms with Gasteiger partial charge in [0.2, 0.25) is 5.91 Å². The topological polar surface area (TPSA) is 38.3 Å². The van der Waals surface area contributed by atoms with E-state index in [1.165, 1.54) is 12.1 Å². The first-order valence-corrected chi connectivity index (χ1v) is 6.95. The highest BCUT2D eigenvalue weighted by Crippen LogP contribution is 2.26. The number of hydrogen-bond acceptors (Lipinski definition) is 2. The van der Waals surface area contributed by atoms with Gasteiger partial charge in [-0.2, -0.15) is 0 Å². The molecule has 108 valence electrons. The lowest BCUT2D eigenvalue weighted by molar-refractivity contribution is -0.126. The molecule has 0 bridgehead atoms. The van der Waals surface area contributed by atoms with Crippen LogP contribution in [0.4, 0.5) is 4.39 Å². The Hall–Kier alpha value is -2.36. The number of halogens is 1. The zero-order valence-electron chi connectivity index (χ0n) is 11.5. The van der Waals surface area contributed by atoms with Crippen molar-refractivity contribution in [1.82, 2.24) is 5.32 Å². The summed E-state index contributed by atoms with van der Waals surface area (Å²) in [6.45, 7) is 0.709. The van der Waals surface area contributed by atoms with Crippen LogP contribution in [0.5, 0.6) is 5.75 Å². The van der Waals surface area contributed by atoms with Gasteiger partial charge in [-0.05, 0) is 35.7 Å². The molecule has 0 aromatic heterocycles. The number of rotatable bonds is 3. The molecule has 1 N–H and O–H groups in total. The van der Waals surface area contributed by atoms with Crippen LogP contribution in [0, 0.1) is 11.7 Å². The number of amides is 1. The van der Waals surface area contributed by atoms with Crippen molar-refractivity contribution in [2.75, 3.05) is 6.61 Å². The quantitative estimate of drug-likeness (QED) is 0.941. The van der Waals surface area contributed by atoms with Crippen molar-refractivity contribution in [3.8, 4) is 5.75 Å². The molecule has 2 aromatic rings. The van der Waals surface area contributed by atoms with Crippen molar-refractivity contribution in [2.24, 2.45) is 5.92 Å². The van der Waals surface area contributed by atoms with Gasteiger partial charge in [0.1, 0.15) is 18.2 Å². The molecule has 3 nitrogen and oxygen atoms in total. The normalized spacial score (nSPS) is 16.7. The van der Waals surface area contributed by atoms with Crippen molar-refractivity contribution < 1.29 is 13.9 Å². The van der Waals surface area contributed by atoms with Gasteiger partial charge in [-0.3, -0.25) is 4.79 Å². The molecule has 0 saturated heterocycles. The van der Waals surface area contributed by atoms with Gasteiger partial charge in [0, 0.05) is 6.54 Å². The predicted molar refractivity (Wildman–Crippen MR) is 77.4 cm³/mol. The molecule has 1 aliphatic heterocycles. The summed E-state index contributed by atoms with van der Waals surface area (Å²) in [5.41, 5.74) is 1.80. The average molecular weight is 285 g/mol. The summed E-state index contributed by atoms with van der Waals surface area (Å²) in [7, 11) is 0. The van der Waals surface area contributed by atoms with Crippen molar-refractivity contribution >= 4 is 5.91 Å². The number of carbonyl (C=O) groups excluding carboxylic acids is 1. The SMILES string of the molecule is O=C(NCc1cccc(F)c1)[C@H]1COc2ccccc2C1. The van der Waals surface area contributed by atoms with Gasteiger partial charge in [0.05, 0.1) is 5.92 Å². The number of ether oxygens (including phenoxy) is 1. The van der Waals surface area contributed by atoms with Gasteiger partial charge in [-0.25, -0.2) is 4.39 Å². The van der Waals surface area contributed by atoms with Crippen molar-refractivity contribution in [1.29, 1.82) is 0 Å². The fourth-order valence-electron chi connectivity index (χ4n) is 2.48. The summed E-state index contributed by atoms with van der Waals surface area (Å²) < 4.78 is 18.7. The molecule has 1 atom stereocenters. The fraction of sp³-hybridized carbons (Fsp3) is 0.235. The summed E-state index contributed by atoms with van der Waals surface area (Å²) in [4.78, 5) is 12.2. The fourth-order valence-corrected chi connectivity index (χ4v) is 2.48. The Bertz CT molecular complexity index is 657. The number of hydrogen-bond donors (Lipinski definition) is 1. The summed E-state index contributed by atoms with van der Waals surface area (Å²) in [6.07, 6.45) is 0.672. The molecule has 0 fully saturated rings. The maximum absolute atomic E-state index is 13.1. The summed E-state index contributed by atoms with van der Waals surface area (Å²) in [5, 5.41) is 2.84. The molecule has 0 aliphatic carbocycles. The third kappa shape index (κ3) is 3.21. The van der Waals surface area contributed by atoms with E-state index in [-0.39, 0.29) is 17.6 Å². The maximum Gasteiger partial charge on any atom is 0.227 e. The molecule has 0 radical (unpaired) electrons. The van der Waals surface area contributed by atoms with E-state index >= 15 is 0 Å². The molecule has 2 aromatic carbocycles. The van der Waals surface area contributed by atoms with Gasteiger partial charge in [-0.15, -0.1) is 0 Å². The maximum atomic E-state index is 13.1. The third-order valence-electron chi connectivity index (χ3n) is 3.61. The van der Waals surface area contributed by atoms with E-state index in [1.54, 1.807) is 12.1 Å². The van der Waals surface area contributed by atoms with Crippen LogP contribution in [0.15, 0.2) is 48.5 Å². The first kappa shape index (κ1) is 13.6. The van der Waals surface area contributed by atoms with Gasteiger partial charge in [0.15, 0.2) is 0 Å². The Balaban J connectivity index is 1.59. The minimum absolute atomic E-state index is 0.0613. The van der Waals surface area contributed by atoms with E-state index in [0.29, 0.717) is 19.6 Å². The number of para-hydroxylation sites is 1. The summed E-state index contributed by atoms with van der Waals surface area (Å²) in [5.74, 6) is 0.297. The summed E-state index contributed by atoms with van der Waals surface area (Å²) >= 11 is 0. The summed E-state index contributed by atoms with van der Waals surface area (Å²) in [6, 6.07) is 14.0. The second kappa shape index (κ2) is 5.95. The second-order valence-corrected chi connectivity index (χ2v) is 5.17. The lowest BCUT2D eigenvalue weighted by atomic mass is 9.96. The minimum Gasteiger partial charge on any atom is -0.492 e. The number of fused-ring (bicyclic) bond motifs is 1. The van der Waals surface area contributed by atoms with Crippen LogP contribution < -0.4 is 10.1 Å². The Morgan fingerprint density at radius 3 is 2.95 bits per heavy atom. The van der Waals surface area contributed by atoms with Crippen molar-refractivity contribution in [3.05, 3.63) is 65.5 Å². The highest BCUT2D eigenvalue weighted by atomic mass is 19.1. The van der Waals surface area contributed by atoms with Crippen LogP contribution in [-0.2, 0) is 17.8 Å². The van der Waals surface area contributed by atoms with E-state index in [2.05, 4.69) is 5.32 Å². The van der Waals surface area contributed by atoms with E-state index in [9.17, 15) is 9.18 Å². The smallest absolute Gasteiger partial charge is 0.227 e. The number of carbonyl (C=O) groups is 1. The molecule has 4 heteroatoms. The van der Waals surface area contributed by atoms with Crippen LogP contribution in [-0.4, -0.2) is 12.5 Å². The molecule has 1 heterocycles. The zero-order chi connectivity index (χ0) is 14.7. The minimum atomic E-state index is -0.295. The van der Waals surface area contributed by atoms with E-state index in [1.807, 2.05) is 24.3 Å². The number of nitrogens with one attached hydrogen (secondary N) is 1. The Kier molecular flexibility index (Phi) is 3.86. The molecular formula is C17H16FNO2. The monoisotopic (exact) mass is 285 g/mol. The van der Waals surface area contributed by atoms with E-state index in [0.717, 1.165) is 16.9 Å². The highest BCUT2D eigenvalue weighted by Gasteiger charge is 2.25. The standard InChI is InChI=1S/C17H16FNO2/c18-15-6-3-4-12(8-15)10-19-17(20)14-9-13-5-1-2-7-16(13)21-11-14/h1-8,14H,9-11H2,(H,19,20)/t14-/m1/s1. The average Bonchev–Trinajstić information content (AvgIpc) is 2.52. The van der Waals surface area contributed by atoms with Crippen molar-refractivity contribution in [3.63, 3.8) is 0 Å². The molecule has 0 saturated carbocycles. The van der Waals surface area contributed by atoms with Crippen LogP contribution in [0.25, 0.3) is 0 Å². The Morgan fingerprint density at radius 2 is 2.10 bits per heavy atom. The Labute approximate surface area is 122 Å². The lowest BCUT2D eigenvalue weighted by Gasteiger charge is -2.24.